The molecule has 0 N–H and O–H groups in total. The molecule has 15 heavy (non-hydrogen) atoms. The fourth-order valence-corrected chi connectivity index (χ4v) is 1.22. The van der Waals surface area contributed by atoms with E-state index in [9.17, 15) is 9.59 Å². The van der Waals surface area contributed by atoms with Gasteiger partial charge in [0.15, 0.2) is 5.78 Å². The summed E-state index contributed by atoms with van der Waals surface area (Å²) in [5.41, 5.74) is 1.76. The molecule has 0 bridgehead atoms. The first-order valence-corrected chi connectivity index (χ1v) is 4.83. The van der Waals surface area contributed by atoms with Crippen molar-refractivity contribution in [2.45, 2.75) is 20.3 Å². The van der Waals surface area contributed by atoms with E-state index in [2.05, 4.69) is 0 Å². The second-order valence-corrected chi connectivity index (χ2v) is 3.34. The van der Waals surface area contributed by atoms with Gasteiger partial charge in [-0.1, -0.05) is 24.3 Å². The van der Waals surface area contributed by atoms with E-state index in [0.29, 0.717) is 18.6 Å². The molecular weight excluding hydrogens is 192 g/mol. The molecule has 3 nitrogen and oxygen atoms in total. The van der Waals surface area contributed by atoms with Crippen LogP contribution in [0.1, 0.15) is 29.8 Å². The molecule has 1 aromatic rings. The molecular formula is C12H14O3. The Labute approximate surface area is 89.1 Å². The van der Waals surface area contributed by atoms with Crippen LogP contribution in [0.25, 0.3) is 0 Å². The normalized spacial score (nSPS) is 9.73. The summed E-state index contributed by atoms with van der Waals surface area (Å²) >= 11 is 0. The Balaban J connectivity index is 2.50. The van der Waals surface area contributed by atoms with E-state index in [1.165, 1.54) is 13.8 Å². The highest BCUT2D eigenvalue weighted by Crippen LogP contribution is 2.05. The average molecular weight is 206 g/mol. The Hall–Kier alpha value is -1.64. The van der Waals surface area contributed by atoms with E-state index in [0.717, 1.165) is 5.56 Å². The fraction of sp³-hybridized carbons (Fsp3) is 0.333. The van der Waals surface area contributed by atoms with Gasteiger partial charge in [0.1, 0.15) is 0 Å². The van der Waals surface area contributed by atoms with Crippen molar-refractivity contribution in [1.82, 2.24) is 0 Å². The molecule has 0 radical (unpaired) electrons. The van der Waals surface area contributed by atoms with Crippen molar-refractivity contribution in [2.24, 2.45) is 0 Å². The third-order valence-electron chi connectivity index (χ3n) is 2.06. The summed E-state index contributed by atoms with van der Waals surface area (Å²) in [6, 6.07) is 7.32. The largest absolute Gasteiger partial charge is 0.466 e. The van der Waals surface area contributed by atoms with E-state index in [1.807, 2.05) is 12.1 Å². The van der Waals surface area contributed by atoms with E-state index in [-0.39, 0.29) is 11.8 Å². The highest BCUT2D eigenvalue weighted by molar-refractivity contribution is 5.93. The van der Waals surface area contributed by atoms with Crippen molar-refractivity contribution in [3.63, 3.8) is 0 Å². The maximum Gasteiger partial charge on any atom is 0.302 e. The molecule has 0 amide bonds. The van der Waals surface area contributed by atoms with Crippen molar-refractivity contribution in [3.8, 4) is 0 Å². The summed E-state index contributed by atoms with van der Waals surface area (Å²) in [6.45, 7) is 3.31. The summed E-state index contributed by atoms with van der Waals surface area (Å²) in [6.07, 6.45) is 0.678. The van der Waals surface area contributed by atoms with Gasteiger partial charge in [0.05, 0.1) is 6.61 Å². The molecule has 0 fully saturated rings. The van der Waals surface area contributed by atoms with Crippen molar-refractivity contribution < 1.29 is 14.3 Å². The molecule has 0 saturated carbocycles. The van der Waals surface area contributed by atoms with Gasteiger partial charge in [-0.15, -0.1) is 0 Å². The second kappa shape index (κ2) is 5.29. The summed E-state index contributed by atoms with van der Waals surface area (Å²) < 4.78 is 4.82. The van der Waals surface area contributed by atoms with Crippen LogP contribution in [0.2, 0.25) is 0 Å². The Morgan fingerprint density at radius 2 is 1.73 bits per heavy atom. The van der Waals surface area contributed by atoms with Crippen molar-refractivity contribution in [2.75, 3.05) is 6.61 Å². The van der Waals surface area contributed by atoms with Gasteiger partial charge in [0, 0.05) is 18.9 Å². The molecule has 0 spiro atoms. The van der Waals surface area contributed by atoms with Crippen LogP contribution < -0.4 is 0 Å². The standard InChI is InChI=1S/C12H14O3/c1-9(13)12-5-3-11(4-6-12)7-8-15-10(2)14/h3-6H,7-8H2,1-2H3. The molecule has 0 saturated heterocycles. The molecule has 0 heterocycles. The van der Waals surface area contributed by atoms with Gasteiger partial charge < -0.3 is 4.74 Å². The Kier molecular flexibility index (Phi) is 4.03. The average Bonchev–Trinajstić information content (AvgIpc) is 2.18. The van der Waals surface area contributed by atoms with Gasteiger partial charge in [-0.25, -0.2) is 0 Å². The highest BCUT2D eigenvalue weighted by atomic mass is 16.5. The zero-order valence-electron chi connectivity index (χ0n) is 8.95. The minimum atomic E-state index is -0.268. The van der Waals surface area contributed by atoms with E-state index in [4.69, 9.17) is 4.74 Å². The quantitative estimate of drug-likeness (QED) is 0.559. The first-order valence-electron chi connectivity index (χ1n) is 4.83. The lowest BCUT2D eigenvalue weighted by molar-refractivity contribution is -0.140. The number of ether oxygens (including phenoxy) is 1. The fourth-order valence-electron chi connectivity index (χ4n) is 1.22. The molecule has 0 atom stereocenters. The number of carbonyl (C=O) groups is 2. The summed E-state index contributed by atoms with van der Waals surface area (Å²) in [7, 11) is 0. The van der Waals surface area contributed by atoms with Crippen LogP contribution in [0.15, 0.2) is 24.3 Å². The number of esters is 1. The van der Waals surface area contributed by atoms with Gasteiger partial charge in [0.25, 0.3) is 0 Å². The zero-order valence-corrected chi connectivity index (χ0v) is 8.95. The summed E-state index contributed by atoms with van der Waals surface area (Å²) in [4.78, 5) is 21.5. The Morgan fingerprint density at radius 1 is 1.13 bits per heavy atom. The number of benzene rings is 1. The Morgan fingerprint density at radius 3 is 2.20 bits per heavy atom. The highest BCUT2D eigenvalue weighted by Gasteiger charge is 1.99. The first-order chi connectivity index (χ1) is 7.09. The lowest BCUT2D eigenvalue weighted by Crippen LogP contribution is -2.03. The van der Waals surface area contributed by atoms with Crippen LogP contribution >= 0.6 is 0 Å². The van der Waals surface area contributed by atoms with Crippen LogP contribution in [0.4, 0.5) is 0 Å². The molecule has 0 aliphatic rings. The lowest BCUT2D eigenvalue weighted by Gasteiger charge is -2.02. The Bertz CT molecular complexity index is 352. The van der Waals surface area contributed by atoms with Gasteiger partial charge >= 0.3 is 5.97 Å². The molecule has 3 heteroatoms. The third-order valence-corrected chi connectivity index (χ3v) is 2.06. The maximum absolute atomic E-state index is 11.0. The van der Waals surface area contributed by atoms with Crippen LogP contribution in [0, 0.1) is 0 Å². The van der Waals surface area contributed by atoms with Gasteiger partial charge in [-0.05, 0) is 12.5 Å². The molecule has 0 aliphatic heterocycles. The number of hydrogen-bond donors (Lipinski definition) is 0. The van der Waals surface area contributed by atoms with Crippen molar-refractivity contribution >= 4 is 11.8 Å². The third kappa shape index (κ3) is 3.94. The SMILES string of the molecule is CC(=O)OCCc1ccc(C(C)=O)cc1. The molecule has 1 rings (SSSR count). The number of carbonyl (C=O) groups excluding carboxylic acids is 2. The maximum atomic E-state index is 11.0. The van der Waals surface area contributed by atoms with E-state index >= 15 is 0 Å². The van der Waals surface area contributed by atoms with Crippen LogP contribution in [0.5, 0.6) is 0 Å². The van der Waals surface area contributed by atoms with Crippen molar-refractivity contribution in [1.29, 1.82) is 0 Å². The van der Waals surface area contributed by atoms with Crippen LogP contribution in [-0.2, 0) is 16.0 Å². The minimum Gasteiger partial charge on any atom is -0.466 e. The molecule has 0 unspecified atom stereocenters. The second-order valence-electron chi connectivity index (χ2n) is 3.34. The number of ketones is 1. The van der Waals surface area contributed by atoms with Gasteiger partial charge in [-0.3, -0.25) is 9.59 Å². The lowest BCUT2D eigenvalue weighted by atomic mass is 10.1. The summed E-state index contributed by atoms with van der Waals surface area (Å²) in [5.74, 6) is -0.211. The smallest absolute Gasteiger partial charge is 0.302 e. The number of rotatable bonds is 4. The summed E-state index contributed by atoms with van der Waals surface area (Å²) in [5, 5.41) is 0. The zero-order chi connectivity index (χ0) is 11.3. The molecule has 1 aromatic carbocycles. The van der Waals surface area contributed by atoms with Gasteiger partial charge in [0.2, 0.25) is 0 Å². The number of Topliss-reactive ketones (excluding diaryl/α,β-unsaturated/α-hetero) is 1. The van der Waals surface area contributed by atoms with E-state index in [1.54, 1.807) is 12.1 Å². The topological polar surface area (TPSA) is 43.4 Å². The predicted octanol–water partition coefficient (Wildman–Crippen LogP) is 1.99. The van der Waals surface area contributed by atoms with Gasteiger partial charge in [-0.2, -0.15) is 0 Å². The van der Waals surface area contributed by atoms with Crippen LogP contribution in [0.3, 0.4) is 0 Å². The molecule has 0 aliphatic carbocycles. The van der Waals surface area contributed by atoms with Crippen molar-refractivity contribution in [3.05, 3.63) is 35.4 Å². The number of hydrogen-bond acceptors (Lipinski definition) is 3. The predicted molar refractivity (Wildman–Crippen MR) is 56.8 cm³/mol. The van der Waals surface area contributed by atoms with Crippen LogP contribution in [-0.4, -0.2) is 18.4 Å². The molecule has 80 valence electrons. The van der Waals surface area contributed by atoms with E-state index < -0.39 is 0 Å². The minimum absolute atomic E-state index is 0.0570. The molecule has 0 aromatic heterocycles. The first kappa shape index (κ1) is 11.4. The monoisotopic (exact) mass is 206 g/mol.